The van der Waals surface area contributed by atoms with Crippen molar-refractivity contribution in [3.05, 3.63) is 23.3 Å². The van der Waals surface area contributed by atoms with Crippen LogP contribution >= 0.6 is 0 Å². The van der Waals surface area contributed by atoms with E-state index in [0.29, 0.717) is 17.1 Å². The number of rotatable bonds is 2. The Kier molecular flexibility index (Phi) is 3.07. The van der Waals surface area contributed by atoms with Crippen LogP contribution in [0.25, 0.3) is 0 Å². The maximum atomic E-state index is 10.8. The highest BCUT2D eigenvalue weighted by molar-refractivity contribution is 5.80. The van der Waals surface area contributed by atoms with Crippen molar-refractivity contribution < 1.29 is 9.90 Å². The van der Waals surface area contributed by atoms with Crippen molar-refractivity contribution in [2.45, 2.75) is 20.0 Å². The largest absolute Gasteiger partial charge is 0.390 e. The molecule has 1 fully saturated rings. The summed E-state index contributed by atoms with van der Waals surface area (Å²) in [6, 6.07) is 0. The standard InChI is InChI=1S/C12H13N3O2/c1-7-11(6-16)15-9(5-14-7)3-2-8-4-10(8)12(13)17/h5,8,10,16H,4,6H2,1H3,(H2,13,17). The molecule has 2 unspecified atom stereocenters. The van der Waals surface area contributed by atoms with E-state index in [1.54, 1.807) is 13.1 Å². The van der Waals surface area contributed by atoms with E-state index in [1.165, 1.54) is 0 Å². The lowest BCUT2D eigenvalue weighted by Gasteiger charge is -1.99. The van der Waals surface area contributed by atoms with Gasteiger partial charge in [0.15, 0.2) is 0 Å². The third kappa shape index (κ3) is 2.60. The van der Waals surface area contributed by atoms with Gasteiger partial charge in [-0.3, -0.25) is 9.78 Å². The lowest BCUT2D eigenvalue weighted by molar-refractivity contribution is -0.119. The molecule has 5 heteroatoms. The van der Waals surface area contributed by atoms with Crippen molar-refractivity contribution in [1.82, 2.24) is 9.97 Å². The Bertz CT molecular complexity index is 516. The number of aliphatic hydroxyl groups excluding tert-OH is 1. The molecule has 17 heavy (non-hydrogen) atoms. The van der Waals surface area contributed by atoms with Crippen LogP contribution in [0.15, 0.2) is 6.20 Å². The van der Waals surface area contributed by atoms with E-state index < -0.39 is 0 Å². The highest BCUT2D eigenvalue weighted by Gasteiger charge is 2.40. The number of nitrogens with two attached hydrogens (primary N) is 1. The van der Waals surface area contributed by atoms with Crippen molar-refractivity contribution in [2.75, 3.05) is 0 Å². The van der Waals surface area contributed by atoms with Crippen molar-refractivity contribution in [3.8, 4) is 11.8 Å². The summed E-state index contributed by atoms with van der Waals surface area (Å²) in [5, 5.41) is 9.04. The van der Waals surface area contributed by atoms with Gasteiger partial charge in [0.05, 0.1) is 30.1 Å². The molecule has 0 bridgehead atoms. The quantitative estimate of drug-likeness (QED) is 0.687. The molecule has 88 valence electrons. The van der Waals surface area contributed by atoms with Gasteiger partial charge in [0, 0.05) is 5.92 Å². The molecule has 2 rings (SSSR count). The number of aromatic nitrogens is 2. The molecule has 1 aliphatic carbocycles. The minimum atomic E-state index is -0.296. The molecule has 0 aromatic carbocycles. The summed E-state index contributed by atoms with van der Waals surface area (Å²) in [7, 11) is 0. The molecule has 1 aromatic heterocycles. The van der Waals surface area contributed by atoms with Gasteiger partial charge in [-0.2, -0.15) is 0 Å². The monoisotopic (exact) mass is 231 g/mol. The minimum Gasteiger partial charge on any atom is -0.390 e. The van der Waals surface area contributed by atoms with Gasteiger partial charge >= 0.3 is 0 Å². The zero-order valence-corrected chi connectivity index (χ0v) is 9.47. The normalized spacial score (nSPS) is 21.5. The van der Waals surface area contributed by atoms with Crippen LogP contribution in [0.3, 0.4) is 0 Å². The molecule has 1 heterocycles. The molecule has 5 nitrogen and oxygen atoms in total. The summed E-state index contributed by atoms with van der Waals surface area (Å²) in [5.74, 6) is 5.43. The lowest BCUT2D eigenvalue weighted by atomic mass is 10.3. The van der Waals surface area contributed by atoms with Crippen molar-refractivity contribution in [1.29, 1.82) is 0 Å². The fourth-order valence-electron chi connectivity index (χ4n) is 1.53. The average molecular weight is 231 g/mol. The molecule has 3 N–H and O–H groups in total. The van der Waals surface area contributed by atoms with Crippen LogP contribution in [-0.4, -0.2) is 21.0 Å². The number of carbonyl (C=O) groups excluding carboxylic acids is 1. The number of hydrogen-bond acceptors (Lipinski definition) is 4. The van der Waals surface area contributed by atoms with Gasteiger partial charge in [0.25, 0.3) is 0 Å². The number of aryl methyl sites for hydroxylation is 1. The van der Waals surface area contributed by atoms with Crippen molar-refractivity contribution in [3.63, 3.8) is 0 Å². The number of hydrogen-bond donors (Lipinski definition) is 2. The van der Waals surface area contributed by atoms with Gasteiger partial charge in [-0.05, 0) is 19.3 Å². The fourth-order valence-corrected chi connectivity index (χ4v) is 1.53. The minimum absolute atomic E-state index is 0.0492. The second-order valence-corrected chi connectivity index (χ2v) is 4.07. The van der Waals surface area contributed by atoms with E-state index in [0.717, 1.165) is 6.42 Å². The topological polar surface area (TPSA) is 89.1 Å². The smallest absolute Gasteiger partial charge is 0.221 e. The van der Waals surface area contributed by atoms with Crippen LogP contribution in [0.2, 0.25) is 0 Å². The number of primary amides is 1. The summed E-state index contributed by atoms with van der Waals surface area (Å²) in [6.45, 7) is 1.63. The first-order chi connectivity index (χ1) is 8.11. The third-order valence-corrected chi connectivity index (χ3v) is 2.74. The first kappa shape index (κ1) is 11.6. The number of carbonyl (C=O) groups is 1. The van der Waals surface area contributed by atoms with Crippen LogP contribution < -0.4 is 5.73 Å². The molecule has 1 saturated carbocycles. The zero-order chi connectivity index (χ0) is 12.4. The Morgan fingerprint density at radius 3 is 3.06 bits per heavy atom. The third-order valence-electron chi connectivity index (χ3n) is 2.74. The molecule has 1 aromatic rings. The molecule has 0 spiro atoms. The molecular formula is C12H13N3O2. The molecule has 0 aliphatic heterocycles. The highest BCUT2D eigenvalue weighted by atomic mass is 16.3. The lowest BCUT2D eigenvalue weighted by Crippen LogP contribution is -2.13. The number of aliphatic hydroxyl groups is 1. The SMILES string of the molecule is Cc1ncc(C#CC2CC2C(N)=O)nc1CO. The first-order valence-electron chi connectivity index (χ1n) is 5.36. The van der Waals surface area contributed by atoms with Gasteiger partial charge in [0.1, 0.15) is 5.69 Å². The fraction of sp³-hybridized carbons (Fsp3) is 0.417. The van der Waals surface area contributed by atoms with E-state index in [9.17, 15) is 4.79 Å². The Balaban J connectivity index is 2.10. The predicted molar refractivity (Wildman–Crippen MR) is 60.4 cm³/mol. The summed E-state index contributed by atoms with van der Waals surface area (Å²) >= 11 is 0. The van der Waals surface area contributed by atoms with E-state index in [-0.39, 0.29) is 24.3 Å². The van der Waals surface area contributed by atoms with E-state index in [1.807, 2.05) is 0 Å². The summed E-state index contributed by atoms with van der Waals surface area (Å²) in [4.78, 5) is 19.1. The van der Waals surface area contributed by atoms with Crippen LogP contribution in [-0.2, 0) is 11.4 Å². The maximum Gasteiger partial charge on any atom is 0.221 e. The van der Waals surface area contributed by atoms with Crippen LogP contribution in [0, 0.1) is 30.6 Å². The van der Waals surface area contributed by atoms with Gasteiger partial charge in [-0.15, -0.1) is 0 Å². The van der Waals surface area contributed by atoms with E-state index >= 15 is 0 Å². The Labute approximate surface area is 99.1 Å². The van der Waals surface area contributed by atoms with Crippen LogP contribution in [0.4, 0.5) is 0 Å². The Morgan fingerprint density at radius 2 is 2.47 bits per heavy atom. The molecule has 1 aliphatic rings. The van der Waals surface area contributed by atoms with Crippen molar-refractivity contribution >= 4 is 5.91 Å². The van der Waals surface area contributed by atoms with Gasteiger partial charge in [-0.1, -0.05) is 5.92 Å². The summed E-state index contributed by atoms with van der Waals surface area (Å²) in [6.07, 6.45) is 2.29. The van der Waals surface area contributed by atoms with Gasteiger partial charge in [-0.25, -0.2) is 4.98 Å². The predicted octanol–water partition coefficient (Wildman–Crippen LogP) is -0.250. The van der Waals surface area contributed by atoms with E-state index in [4.69, 9.17) is 10.8 Å². The zero-order valence-electron chi connectivity index (χ0n) is 9.47. The number of amides is 1. The Morgan fingerprint density at radius 1 is 1.71 bits per heavy atom. The van der Waals surface area contributed by atoms with E-state index in [2.05, 4.69) is 21.8 Å². The maximum absolute atomic E-state index is 10.8. The van der Waals surface area contributed by atoms with Gasteiger partial charge < -0.3 is 10.8 Å². The second-order valence-electron chi connectivity index (χ2n) is 4.07. The van der Waals surface area contributed by atoms with Crippen LogP contribution in [0.1, 0.15) is 23.5 Å². The molecule has 0 radical (unpaired) electrons. The van der Waals surface area contributed by atoms with Gasteiger partial charge in [0.2, 0.25) is 5.91 Å². The first-order valence-corrected chi connectivity index (χ1v) is 5.36. The number of nitrogens with zero attached hydrogens (tertiary/aromatic N) is 2. The second kappa shape index (κ2) is 4.52. The van der Waals surface area contributed by atoms with Crippen molar-refractivity contribution in [2.24, 2.45) is 17.6 Å². The molecular weight excluding hydrogens is 218 g/mol. The summed E-state index contributed by atoms with van der Waals surface area (Å²) < 4.78 is 0. The summed E-state index contributed by atoms with van der Waals surface area (Å²) in [5.41, 5.74) is 6.88. The molecule has 2 atom stereocenters. The molecule has 0 saturated heterocycles. The molecule has 1 amide bonds. The Hall–Kier alpha value is -1.93. The average Bonchev–Trinajstić information content (AvgIpc) is 3.07. The highest BCUT2D eigenvalue weighted by Crippen LogP contribution is 2.37. The van der Waals surface area contributed by atoms with Crippen LogP contribution in [0.5, 0.6) is 0 Å².